The first-order valence-corrected chi connectivity index (χ1v) is 8.83. The third kappa shape index (κ3) is 4.74. The van der Waals surface area contributed by atoms with Gasteiger partial charge in [-0.15, -0.1) is 0 Å². The highest BCUT2D eigenvalue weighted by Gasteiger charge is 2.18. The van der Waals surface area contributed by atoms with E-state index in [0.29, 0.717) is 24.7 Å². The van der Waals surface area contributed by atoms with Gasteiger partial charge in [-0.25, -0.2) is 13.1 Å². The van der Waals surface area contributed by atoms with Crippen LogP contribution in [0.3, 0.4) is 0 Å². The molecule has 0 aromatic carbocycles. The minimum atomic E-state index is -3.46. The zero-order valence-corrected chi connectivity index (χ0v) is 13.3. The molecule has 0 saturated carbocycles. The van der Waals surface area contributed by atoms with Crippen molar-refractivity contribution in [2.24, 2.45) is 11.7 Å². The van der Waals surface area contributed by atoms with Crippen LogP contribution in [0.25, 0.3) is 0 Å². The van der Waals surface area contributed by atoms with E-state index in [9.17, 15) is 8.42 Å². The average Bonchev–Trinajstić information content (AvgIpc) is 2.49. The van der Waals surface area contributed by atoms with E-state index < -0.39 is 10.0 Å². The summed E-state index contributed by atoms with van der Waals surface area (Å²) >= 11 is 0. The van der Waals surface area contributed by atoms with E-state index in [0.717, 1.165) is 32.4 Å². The Kier molecular flexibility index (Phi) is 5.69. The minimum absolute atomic E-state index is 0.197. The Bertz CT molecular complexity index is 537. The highest BCUT2D eigenvalue weighted by molar-refractivity contribution is 7.89. The van der Waals surface area contributed by atoms with Crippen molar-refractivity contribution in [3.8, 4) is 0 Å². The number of hydrogen-bond acceptors (Lipinski definition) is 5. The average molecular weight is 312 g/mol. The second kappa shape index (κ2) is 7.31. The van der Waals surface area contributed by atoms with E-state index in [1.807, 2.05) is 0 Å². The number of sulfonamides is 1. The predicted molar refractivity (Wildman–Crippen MR) is 82.2 cm³/mol. The summed E-state index contributed by atoms with van der Waals surface area (Å²) in [5.41, 5.74) is 6.13. The highest BCUT2D eigenvalue weighted by atomic mass is 32.2. The lowest BCUT2D eigenvalue weighted by molar-refractivity contribution is 0.213. The zero-order chi connectivity index (χ0) is 15.3. The SMILES string of the molecule is CN1CCC(CCNS(=O)(=O)c2ccc(CN)nc2)CC1. The summed E-state index contributed by atoms with van der Waals surface area (Å²) in [4.78, 5) is 6.53. The molecule has 2 rings (SSSR count). The van der Waals surface area contributed by atoms with Gasteiger partial charge >= 0.3 is 0 Å². The summed E-state index contributed by atoms with van der Waals surface area (Å²) in [6, 6.07) is 3.19. The normalized spacial score (nSPS) is 18.0. The topological polar surface area (TPSA) is 88.3 Å². The Morgan fingerprint density at radius 1 is 1.38 bits per heavy atom. The molecule has 2 heterocycles. The summed E-state index contributed by atoms with van der Waals surface area (Å²) in [7, 11) is -1.34. The molecule has 6 nitrogen and oxygen atoms in total. The third-order valence-electron chi connectivity index (χ3n) is 4.00. The predicted octanol–water partition coefficient (Wildman–Crippen LogP) is 0.551. The molecule has 0 bridgehead atoms. The Morgan fingerprint density at radius 3 is 2.67 bits per heavy atom. The first-order chi connectivity index (χ1) is 10.0. The fourth-order valence-electron chi connectivity index (χ4n) is 2.52. The highest BCUT2D eigenvalue weighted by Crippen LogP contribution is 2.19. The number of nitrogens with zero attached hydrogens (tertiary/aromatic N) is 2. The molecule has 0 unspecified atom stereocenters. The fourth-order valence-corrected chi connectivity index (χ4v) is 3.51. The molecule has 1 aromatic heterocycles. The summed E-state index contributed by atoms with van der Waals surface area (Å²) < 4.78 is 26.9. The van der Waals surface area contributed by atoms with Gasteiger partial charge in [-0.05, 0) is 57.5 Å². The van der Waals surface area contributed by atoms with Gasteiger partial charge in [0.1, 0.15) is 4.90 Å². The molecule has 1 saturated heterocycles. The van der Waals surface area contributed by atoms with Crippen LogP contribution >= 0.6 is 0 Å². The van der Waals surface area contributed by atoms with Crippen LogP contribution in [0.5, 0.6) is 0 Å². The lowest BCUT2D eigenvalue weighted by atomic mass is 9.94. The molecule has 0 radical (unpaired) electrons. The second-order valence-electron chi connectivity index (χ2n) is 5.62. The number of pyridine rings is 1. The van der Waals surface area contributed by atoms with Gasteiger partial charge in [0.2, 0.25) is 10.0 Å². The first kappa shape index (κ1) is 16.4. The van der Waals surface area contributed by atoms with Crippen molar-refractivity contribution in [1.29, 1.82) is 0 Å². The van der Waals surface area contributed by atoms with Crippen molar-refractivity contribution in [3.63, 3.8) is 0 Å². The van der Waals surface area contributed by atoms with Crippen LogP contribution in [0, 0.1) is 5.92 Å². The minimum Gasteiger partial charge on any atom is -0.325 e. The number of hydrogen-bond donors (Lipinski definition) is 2. The summed E-state index contributed by atoms with van der Waals surface area (Å²) in [6.07, 6.45) is 4.54. The fraction of sp³-hybridized carbons (Fsp3) is 0.643. The van der Waals surface area contributed by atoms with Crippen molar-refractivity contribution < 1.29 is 8.42 Å². The largest absolute Gasteiger partial charge is 0.325 e. The summed E-state index contributed by atoms with van der Waals surface area (Å²) in [5, 5.41) is 0. The van der Waals surface area contributed by atoms with Gasteiger partial charge in [-0.3, -0.25) is 4.98 Å². The number of nitrogens with two attached hydrogens (primary N) is 1. The maximum atomic E-state index is 12.1. The van der Waals surface area contributed by atoms with E-state index in [2.05, 4.69) is 21.7 Å². The van der Waals surface area contributed by atoms with E-state index >= 15 is 0 Å². The van der Waals surface area contributed by atoms with Crippen molar-refractivity contribution in [3.05, 3.63) is 24.0 Å². The van der Waals surface area contributed by atoms with Crippen LogP contribution in [-0.4, -0.2) is 45.0 Å². The molecule has 1 aliphatic rings. The lowest BCUT2D eigenvalue weighted by Gasteiger charge is -2.28. The van der Waals surface area contributed by atoms with E-state index in [4.69, 9.17) is 5.73 Å². The zero-order valence-electron chi connectivity index (χ0n) is 12.5. The standard InChI is InChI=1S/C14H24N4O2S/c1-18-8-5-12(6-9-18)4-7-17-21(19,20)14-3-2-13(10-15)16-11-14/h2-3,11-12,17H,4-10,15H2,1H3. The van der Waals surface area contributed by atoms with Crippen LogP contribution in [0.4, 0.5) is 0 Å². The first-order valence-electron chi connectivity index (χ1n) is 7.34. The van der Waals surface area contributed by atoms with E-state index in [1.54, 1.807) is 12.1 Å². The van der Waals surface area contributed by atoms with Crippen molar-refractivity contribution in [1.82, 2.24) is 14.6 Å². The Labute approximate surface area is 126 Å². The molecule has 1 aliphatic heterocycles. The van der Waals surface area contributed by atoms with Gasteiger partial charge in [0.05, 0.1) is 5.69 Å². The Morgan fingerprint density at radius 2 is 2.10 bits per heavy atom. The van der Waals surface area contributed by atoms with Crippen LogP contribution in [0.15, 0.2) is 23.2 Å². The monoisotopic (exact) mass is 312 g/mol. The molecule has 21 heavy (non-hydrogen) atoms. The summed E-state index contributed by atoms with van der Waals surface area (Å²) in [5.74, 6) is 0.613. The number of piperidine rings is 1. The smallest absolute Gasteiger partial charge is 0.242 e. The lowest BCUT2D eigenvalue weighted by Crippen LogP contribution is -2.32. The van der Waals surface area contributed by atoms with Gasteiger partial charge in [0, 0.05) is 19.3 Å². The van der Waals surface area contributed by atoms with Crippen molar-refractivity contribution >= 4 is 10.0 Å². The number of likely N-dealkylation sites (tertiary alicyclic amines) is 1. The Balaban J connectivity index is 1.83. The van der Waals surface area contributed by atoms with Crippen molar-refractivity contribution in [2.75, 3.05) is 26.7 Å². The van der Waals surface area contributed by atoms with Gasteiger partial charge < -0.3 is 10.6 Å². The van der Waals surface area contributed by atoms with Gasteiger partial charge in [-0.2, -0.15) is 0 Å². The van der Waals surface area contributed by atoms with Crippen LogP contribution in [0.2, 0.25) is 0 Å². The molecular formula is C14H24N4O2S. The molecule has 118 valence electrons. The molecular weight excluding hydrogens is 288 g/mol. The molecule has 0 atom stereocenters. The quantitative estimate of drug-likeness (QED) is 0.801. The van der Waals surface area contributed by atoms with Gasteiger partial charge in [0.15, 0.2) is 0 Å². The maximum Gasteiger partial charge on any atom is 0.242 e. The van der Waals surface area contributed by atoms with Crippen LogP contribution in [-0.2, 0) is 16.6 Å². The molecule has 1 fully saturated rings. The number of rotatable bonds is 6. The van der Waals surface area contributed by atoms with Gasteiger partial charge in [-0.1, -0.05) is 0 Å². The molecule has 1 aromatic rings. The van der Waals surface area contributed by atoms with Crippen molar-refractivity contribution in [2.45, 2.75) is 30.7 Å². The maximum absolute atomic E-state index is 12.1. The summed E-state index contributed by atoms with van der Waals surface area (Å²) in [6.45, 7) is 2.99. The van der Waals surface area contributed by atoms with E-state index in [-0.39, 0.29) is 4.90 Å². The molecule has 0 amide bonds. The van der Waals surface area contributed by atoms with Crippen LogP contribution < -0.4 is 10.5 Å². The van der Waals surface area contributed by atoms with Gasteiger partial charge in [0.25, 0.3) is 0 Å². The number of nitrogens with one attached hydrogen (secondary N) is 1. The van der Waals surface area contributed by atoms with E-state index in [1.165, 1.54) is 6.20 Å². The second-order valence-corrected chi connectivity index (χ2v) is 7.39. The Hall–Kier alpha value is -1.02. The third-order valence-corrected chi connectivity index (χ3v) is 5.45. The number of aromatic nitrogens is 1. The molecule has 7 heteroatoms. The van der Waals surface area contributed by atoms with Crippen LogP contribution in [0.1, 0.15) is 25.0 Å². The molecule has 0 aliphatic carbocycles. The molecule has 0 spiro atoms. The molecule has 3 N–H and O–H groups in total.